The van der Waals surface area contributed by atoms with Gasteiger partial charge < -0.3 is 10.2 Å². The number of rotatable bonds is 8. The smallest absolute Gasteiger partial charge is 0.275 e. The lowest BCUT2D eigenvalue weighted by molar-refractivity contribution is 0.102. The van der Waals surface area contributed by atoms with Crippen molar-refractivity contribution in [2.75, 3.05) is 31.2 Å². The highest BCUT2D eigenvalue weighted by molar-refractivity contribution is 7.99. The van der Waals surface area contributed by atoms with Crippen LogP contribution in [0.3, 0.4) is 0 Å². The molecule has 0 aliphatic carbocycles. The summed E-state index contributed by atoms with van der Waals surface area (Å²) in [6, 6.07) is 18.0. The van der Waals surface area contributed by atoms with Crippen molar-refractivity contribution in [1.29, 1.82) is 0 Å². The Balaban J connectivity index is 1.36. The molecule has 0 saturated carbocycles. The van der Waals surface area contributed by atoms with E-state index >= 15 is 0 Å². The summed E-state index contributed by atoms with van der Waals surface area (Å²) in [6.45, 7) is 5.73. The maximum atomic E-state index is 12.9. The standard InChI is InChI=1S/C26H31N3OS2/c1-19(31-2)12-15-29-16-13-21(14-17-29)26-28-24(18-32-26)25(30)27-23-11-7-6-10-22(23)20-8-4-3-5-9-20/h3-11,18-19,21H,12-17H2,1-2H3,(H,27,30). The minimum atomic E-state index is -0.139. The maximum Gasteiger partial charge on any atom is 0.275 e. The molecular weight excluding hydrogens is 434 g/mol. The summed E-state index contributed by atoms with van der Waals surface area (Å²) in [5, 5.41) is 6.80. The Hall–Kier alpha value is -2.15. The Kier molecular flexibility index (Phi) is 8.00. The molecule has 0 spiro atoms. The van der Waals surface area contributed by atoms with E-state index in [-0.39, 0.29) is 5.91 Å². The average Bonchev–Trinajstić information content (AvgIpc) is 3.34. The molecule has 1 aliphatic heterocycles. The highest BCUT2D eigenvalue weighted by Gasteiger charge is 2.24. The van der Waals surface area contributed by atoms with Gasteiger partial charge in [-0.2, -0.15) is 11.8 Å². The number of para-hydroxylation sites is 1. The Morgan fingerprint density at radius 3 is 2.62 bits per heavy atom. The first-order valence-electron chi connectivity index (χ1n) is 11.3. The molecule has 32 heavy (non-hydrogen) atoms. The fourth-order valence-electron chi connectivity index (χ4n) is 4.11. The number of amides is 1. The van der Waals surface area contributed by atoms with Gasteiger partial charge in [0.1, 0.15) is 5.69 Å². The highest BCUT2D eigenvalue weighted by Crippen LogP contribution is 2.32. The van der Waals surface area contributed by atoms with Gasteiger partial charge in [0.2, 0.25) is 0 Å². The Labute approximate surface area is 199 Å². The monoisotopic (exact) mass is 465 g/mol. The number of aromatic nitrogens is 1. The fraction of sp³-hybridized carbons (Fsp3) is 0.385. The van der Waals surface area contributed by atoms with Gasteiger partial charge in [0.25, 0.3) is 5.91 Å². The summed E-state index contributed by atoms with van der Waals surface area (Å²) in [5.41, 5.74) is 3.43. The molecule has 168 valence electrons. The van der Waals surface area contributed by atoms with Crippen molar-refractivity contribution in [2.24, 2.45) is 0 Å². The Morgan fingerprint density at radius 1 is 1.16 bits per heavy atom. The predicted octanol–water partition coefficient (Wildman–Crippen LogP) is 6.38. The van der Waals surface area contributed by atoms with E-state index in [4.69, 9.17) is 4.98 Å². The van der Waals surface area contributed by atoms with Gasteiger partial charge in [-0.3, -0.25) is 4.79 Å². The molecule has 1 saturated heterocycles. The summed E-state index contributed by atoms with van der Waals surface area (Å²) in [4.78, 5) is 20.3. The van der Waals surface area contributed by atoms with E-state index in [1.54, 1.807) is 11.3 Å². The molecule has 0 radical (unpaired) electrons. The van der Waals surface area contributed by atoms with Gasteiger partial charge in [-0.15, -0.1) is 11.3 Å². The van der Waals surface area contributed by atoms with Crippen LogP contribution in [0.5, 0.6) is 0 Å². The van der Waals surface area contributed by atoms with Gasteiger partial charge in [-0.1, -0.05) is 55.5 Å². The average molecular weight is 466 g/mol. The van der Waals surface area contributed by atoms with E-state index < -0.39 is 0 Å². The summed E-state index contributed by atoms with van der Waals surface area (Å²) >= 11 is 3.57. The van der Waals surface area contributed by atoms with E-state index in [0.717, 1.165) is 53.0 Å². The molecule has 1 aromatic heterocycles. The lowest BCUT2D eigenvalue weighted by Gasteiger charge is -2.31. The molecule has 1 atom stereocenters. The minimum absolute atomic E-state index is 0.139. The molecule has 2 heterocycles. The van der Waals surface area contributed by atoms with Crippen LogP contribution >= 0.6 is 23.1 Å². The van der Waals surface area contributed by atoms with Crippen LogP contribution in [0, 0.1) is 0 Å². The summed E-state index contributed by atoms with van der Waals surface area (Å²) in [6.07, 6.45) is 5.68. The molecule has 1 aliphatic rings. The molecule has 1 fully saturated rings. The zero-order valence-corrected chi connectivity index (χ0v) is 20.4. The van der Waals surface area contributed by atoms with Crippen LogP contribution in [0.1, 0.15) is 47.6 Å². The number of nitrogens with zero attached hydrogens (tertiary/aromatic N) is 2. The quantitative estimate of drug-likeness (QED) is 0.419. The molecule has 1 unspecified atom stereocenters. The first kappa shape index (κ1) is 23.0. The van der Waals surface area contributed by atoms with E-state index in [2.05, 4.69) is 35.5 Å². The molecule has 2 aromatic carbocycles. The van der Waals surface area contributed by atoms with Crippen molar-refractivity contribution < 1.29 is 4.79 Å². The number of hydrogen-bond acceptors (Lipinski definition) is 5. The fourth-order valence-corrected chi connectivity index (χ4v) is 5.43. The van der Waals surface area contributed by atoms with Crippen molar-refractivity contribution in [2.45, 2.75) is 37.4 Å². The number of carbonyl (C=O) groups excluding carboxylic acids is 1. The second kappa shape index (κ2) is 11.1. The first-order chi connectivity index (χ1) is 15.6. The predicted molar refractivity (Wildman–Crippen MR) is 138 cm³/mol. The molecule has 4 rings (SSSR count). The Morgan fingerprint density at radius 2 is 1.88 bits per heavy atom. The van der Waals surface area contributed by atoms with Gasteiger partial charge in [0, 0.05) is 27.8 Å². The van der Waals surface area contributed by atoms with E-state index in [9.17, 15) is 4.79 Å². The second-order valence-corrected chi connectivity index (χ2v) is 10.6. The lowest BCUT2D eigenvalue weighted by Crippen LogP contribution is -2.34. The van der Waals surface area contributed by atoms with Gasteiger partial charge >= 0.3 is 0 Å². The summed E-state index contributed by atoms with van der Waals surface area (Å²) in [7, 11) is 0. The molecule has 6 heteroatoms. The third-order valence-electron chi connectivity index (χ3n) is 6.21. The SMILES string of the molecule is CSC(C)CCN1CCC(c2nc(C(=O)Nc3ccccc3-c3ccccc3)cs2)CC1. The maximum absolute atomic E-state index is 12.9. The van der Waals surface area contributed by atoms with Gasteiger partial charge in [-0.05, 0) is 56.8 Å². The number of nitrogens with one attached hydrogen (secondary N) is 1. The van der Waals surface area contributed by atoms with Crippen LogP contribution < -0.4 is 5.32 Å². The number of likely N-dealkylation sites (tertiary alicyclic amines) is 1. The lowest BCUT2D eigenvalue weighted by atomic mass is 9.97. The van der Waals surface area contributed by atoms with E-state index in [0.29, 0.717) is 11.6 Å². The third-order valence-corrected chi connectivity index (χ3v) is 8.25. The first-order valence-corrected chi connectivity index (χ1v) is 13.5. The van der Waals surface area contributed by atoms with Crippen molar-refractivity contribution in [3.05, 3.63) is 70.7 Å². The number of anilines is 1. The number of hydrogen-bond donors (Lipinski definition) is 1. The van der Waals surface area contributed by atoms with Crippen LogP contribution in [-0.4, -0.2) is 46.9 Å². The van der Waals surface area contributed by atoms with Crippen molar-refractivity contribution >= 4 is 34.7 Å². The number of carbonyl (C=O) groups is 1. The van der Waals surface area contributed by atoms with Crippen LogP contribution in [0.4, 0.5) is 5.69 Å². The van der Waals surface area contributed by atoms with Crippen LogP contribution in [0.25, 0.3) is 11.1 Å². The third kappa shape index (κ3) is 5.80. The largest absolute Gasteiger partial charge is 0.320 e. The zero-order chi connectivity index (χ0) is 22.3. The van der Waals surface area contributed by atoms with Crippen LogP contribution in [0.15, 0.2) is 60.0 Å². The summed E-state index contributed by atoms with van der Waals surface area (Å²) in [5.74, 6) is 0.326. The highest BCUT2D eigenvalue weighted by atomic mass is 32.2. The summed E-state index contributed by atoms with van der Waals surface area (Å²) < 4.78 is 0. The number of thiazole rings is 1. The second-order valence-electron chi connectivity index (χ2n) is 8.39. The van der Waals surface area contributed by atoms with Crippen molar-refractivity contribution in [3.8, 4) is 11.1 Å². The van der Waals surface area contributed by atoms with Crippen LogP contribution in [0.2, 0.25) is 0 Å². The zero-order valence-electron chi connectivity index (χ0n) is 18.8. The Bertz CT molecular complexity index is 1010. The van der Waals surface area contributed by atoms with E-state index in [1.165, 1.54) is 13.0 Å². The normalized spacial score (nSPS) is 16.1. The van der Waals surface area contributed by atoms with Crippen molar-refractivity contribution in [1.82, 2.24) is 9.88 Å². The minimum Gasteiger partial charge on any atom is -0.320 e. The molecule has 1 amide bonds. The molecular formula is C26H31N3OS2. The number of benzene rings is 2. The van der Waals surface area contributed by atoms with E-state index in [1.807, 2.05) is 59.6 Å². The molecule has 3 aromatic rings. The van der Waals surface area contributed by atoms with Gasteiger partial charge in [0.05, 0.1) is 5.01 Å². The molecule has 1 N–H and O–H groups in total. The molecule has 0 bridgehead atoms. The number of piperidine rings is 1. The van der Waals surface area contributed by atoms with Gasteiger partial charge in [0.15, 0.2) is 0 Å². The molecule has 4 nitrogen and oxygen atoms in total. The van der Waals surface area contributed by atoms with Gasteiger partial charge in [-0.25, -0.2) is 4.98 Å². The topological polar surface area (TPSA) is 45.2 Å². The van der Waals surface area contributed by atoms with Crippen LogP contribution in [-0.2, 0) is 0 Å². The number of thioether (sulfide) groups is 1. The van der Waals surface area contributed by atoms with Crippen molar-refractivity contribution in [3.63, 3.8) is 0 Å².